The van der Waals surface area contributed by atoms with Crippen LogP contribution in [0.3, 0.4) is 0 Å². The van der Waals surface area contributed by atoms with Gasteiger partial charge in [0.15, 0.2) is 0 Å². The van der Waals surface area contributed by atoms with Crippen molar-refractivity contribution in [1.29, 1.82) is 0 Å². The van der Waals surface area contributed by atoms with Crippen molar-refractivity contribution in [2.45, 2.75) is 0 Å². The van der Waals surface area contributed by atoms with E-state index in [1.807, 2.05) is 24.1 Å². The highest BCUT2D eigenvalue weighted by atomic mass is 16.7. The van der Waals surface area contributed by atoms with Crippen molar-refractivity contribution in [2.24, 2.45) is 0 Å². The molecule has 1 amide bonds. The van der Waals surface area contributed by atoms with E-state index in [4.69, 9.17) is 4.84 Å². The highest BCUT2D eigenvalue weighted by molar-refractivity contribution is 5.96. The third-order valence-corrected chi connectivity index (χ3v) is 3.08. The molecular weight excluding hydrogens is 220 g/mol. The maximum Gasteiger partial charge on any atom is 0.274 e. The van der Waals surface area contributed by atoms with Crippen LogP contribution in [0, 0.1) is 0 Å². The first-order chi connectivity index (χ1) is 8.20. The lowest BCUT2D eigenvalue weighted by atomic mass is 10.2. The van der Waals surface area contributed by atoms with Crippen molar-refractivity contribution < 1.29 is 9.63 Å². The molecule has 0 saturated heterocycles. The summed E-state index contributed by atoms with van der Waals surface area (Å²) in [7, 11) is 3.59. The Morgan fingerprint density at radius 2 is 2.29 bits per heavy atom. The molecule has 0 saturated carbocycles. The van der Waals surface area contributed by atoms with E-state index in [2.05, 4.69) is 10.2 Å². The lowest BCUT2D eigenvalue weighted by molar-refractivity contribution is -0.119. The monoisotopic (exact) mass is 234 g/mol. The molecule has 0 fully saturated rings. The highest BCUT2D eigenvalue weighted by Crippen LogP contribution is 2.30. The van der Waals surface area contributed by atoms with Crippen LogP contribution < -0.4 is 5.32 Å². The minimum Gasteiger partial charge on any atom is -0.356 e. The Bertz CT molecular complexity index is 466. The number of rotatable bonds is 1. The fourth-order valence-corrected chi connectivity index (χ4v) is 2.27. The van der Waals surface area contributed by atoms with Gasteiger partial charge in [-0.25, -0.2) is 5.06 Å². The zero-order chi connectivity index (χ0) is 12.0. The predicted octanol–water partition coefficient (Wildman–Crippen LogP) is -0.235. The molecule has 3 aliphatic heterocycles. The van der Waals surface area contributed by atoms with Gasteiger partial charge in [0.25, 0.3) is 5.91 Å². The van der Waals surface area contributed by atoms with Crippen molar-refractivity contribution in [3.63, 3.8) is 0 Å². The normalized spacial score (nSPS) is 22.6. The topological polar surface area (TPSA) is 48.1 Å². The Morgan fingerprint density at radius 1 is 1.47 bits per heavy atom. The fraction of sp³-hybridized carbons (Fsp3) is 0.364. The molecule has 0 aromatic heterocycles. The predicted molar refractivity (Wildman–Crippen MR) is 60.6 cm³/mol. The van der Waals surface area contributed by atoms with Gasteiger partial charge >= 0.3 is 0 Å². The van der Waals surface area contributed by atoms with E-state index in [0.29, 0.717) is 12.4 Å². The molecule has 1 N–H and O–H groups in total. The number of likely N-dealkylation sites (N-methyl/N-ethyl adjacent to an activating group) is 1. The number of hydrogen-bond acceptors (Lipinski definition) is 5. The van der Waals surface area contributed by atoms with Gasteiger partial charge in [-0.15, -0.1) is 0 Å². The van der Waals surface area contributed by atoms with Crippen LogP contribution in [0.1, 0.15) is 0 Å². The first-order valence-corrected chi connectivity index (χ1v) is 5.44. The van der Waals surface area contributed by atoms with Gasteiger partial charge in [-0.05, 0) is 6.08 Å². The Balaban J connectivity index is 2.04. The Kier molecular flexibility index (Phi) is 2.12. The fourth-order valence-electron chi connectivity index (χ4n) is 2.27. The van der Waals surface area contributed by atoms with Gasteiger partial charge in [-0.3, -0.25) is 14.5 Å². The van der Waals surface area contributed by atoms with E-state index in [-0.39, 0.29) is 5.91 Å². The maximum atomic E-state index is 11.9. The van der Waals surface area contributed by atoms with E-state index in [9.17, 15) is 4.79 Å². The number of nitrogens with zero attached hydrogens (tertiary/aromatic N) is 3. The molecule has 6 heteroatoms. The summed E-state index contributed by atoms with van der Waals surface area (Å²) >= 11 is 0. The Morgan fingerprint density at radius 3 is 3.06 bits per heavy atom. The summed E-state index contributed by atoms with van der Waals surface area (Å²) in [6, 6.07) is 0. The smallest absolute Gasteiger partial charge is 0.274 e. The zero-order valence-corrected chi connectivity index (χ0v) is 9.80. The average Bonchev–Trinajstić information content (AvgIpc) is 2.73. The Labute approximate surface area is 99.4 Å². The molecule has 0 radical (unpaired) electrons. The van der Waals surface area contributed by atoms with E-state index < -0.39 is 0 Å². The Hall–Kier alpha value is -1.95. The number of hydroxylamine groups is 2. The lowest BCUT2D eigenvalue weighted by Gasteiger charge is -2.37. The van der Waals surface area contributed by atoms with Gasteiger partial charge in [0.2, 0.25) is 0 Å². The van der Waals surface area contributed by atoms with Crippen LogP contribution in [-0.2, 0) is 9.63 Å². The van der Waals surface area contributed by atoms with Crippen LogP contribution in [0.2, 0.25) is 0 Å². The third kappa shape index (κ3) is 1.41. The number of nitrogens with one attached hydrogen (secondary N) is 1. The first-order valence-electron chi connectivity index (χ1n) is 5.44. The minimum absolute atomic E-state index is 0.0942. The summed E-state index contributed by atoms with van der Waals surface area (Å²) in [5.41, 5.74) is 1.46. The third-order valence-electron chi connectivity index (χ3n) is 3.08. The summed E-state index contributed by atoms with van der Waals surface area (Å²) in [6.07, 6.45) is 5.68. The van der Waals surface area contributed by atoms with E-state index in [0.717, 1.165) is 18.1 Å². The van der Waals surface area contributed by atoms with Gasteiger partial charge in [0, 0.05) is 13.6 Å². The van der Waals surface area contributed by atoms with Crippen molar-refractivity contribution in [3.05, 3.63) is 35.6 Å². The molecular formula is C11H14N4O2. The molecule has 3 rings (SSSR count). The molecule has 3 heterocycles. The second-order valence-corrected chi connectivity index (χ2v) is 4.16. The number of hydrogen-bond donors (Lipinski definition) is 1. The van der Waals surface area contributed by atoms with Crippen molar-refractivity contribution >= 4 is 5.91 Å². The highest BCUT2D eigenvalue weighted by Gasteiger charge is 2.36. The van der Waals surface area contributed by atoms with Crippen LogP contribution in [0.15, 0.2) is 35.6 Å². The number of carbonyl (C=O) groups is 1. The largest absolute Gasteiger partial charge is 0.356 e. The molecule has 0 atom stereocenters. The first kappa shape index (κ1) is 10.2. The van der Waals surface area contributed by atoms with Gasteiger partial charge in [0.05, 0.1) is 19.0 Å². The summed E-state index contributed by atoms with van der Waals surface area (Å²) in [5.74, 6) is 0.918. The van der Waals surface area contributed by atoms with Crippen LogP contribution in [-0.4, -0.2) is 48.1 Å². The summed E-state index contributed by atoms with van der Waals surface area (Å²) < 4.78 is 0. The SMILES string of the molecule is CON1C=C2C(=O)NC3=C(N(C)CC=C3)N2C1. The maximum absolute atomic E-state index is 11.9. The van der Waals surface area contributed by atoms with E-state index in [1.54, 1.807) is 18.4 Å². The molecule has 0 aliphatic carbocycles. The number of allylic oxidation sites excluding steroid dienone is 1. The van der Waals surface area contributed by atoms with Crippen LogP contribution >= 0.6 is 0 Å². The second-order valence-electron chi connectivity index (χ2n) is 4.16. The summed E-state index contributed by atoms with van der Waals surface area (Å²) in [5, 5.41) is 4.52. The van der Waals surface area contributed by atoms with Gasteiger partial charge in [0.1, 0.15) is 18.2 Å². The number of carbonyl (C=O) groups excluding carboxylic acids is 1. The summed E-state index contributed by atoms with van der Waals surface area (Å²) in [4.78, 5) is 21.1. The van der Waals surface area contributed by atoms with Gasteiger partial charge in [-0.2, -0.15) is 0 Å². The average molecular weight is 234 g/mol. The van der Waals surface area contributed by atoms with E-state index >= 15 is 0 Å². The molecule has 3 aliphatic rings. The van der Waals surface area contributed by atoms with Gasteiger partial charge < -0.3 is 10.2 Å². The second kappa shape index (κ2) is 3.53. The van der Waals surface area contributed by atoms with Crippen molar-refractivity contribution in [3.8, 4) is 0 Å². The minimum atomic E-state index is -0.0942. The molecule has 0 bridgehead atoms. The van der Waals surface area contributed by atoms with Crippen LogP contribution in [0.5, 0.6) is 0 Å². The molecule has 0 aromatic carbocycles. The van der Waals surface area contributed by atoms with Crippen LogP contribution in [0.4, 0.5) is 0 Å². The molecule has 0 unspecified atom stereocenters. The van der Waals surface area contributed by atoms with Crippen molar-refractivity contribution in [1.82, 2.24) is 20.2 Å². The standard InChI is InChI=1S/C11H14N4O2/c1-13-5-3-4-8-11(13)15-7-14(17-2)6-9(15)10(16)12-8/h3-4,6H,5,7H2,1-2H3,(H,12,16). The molecule has 90 valence electrons. The summed E-state index contributed by atoms with van der Waals surface area (Å²) in [6.45, 7) is 1.38. The lowest BCUT2D eigenvalue weighted by Crippen LogP contribution is -2.46. The van der Waals surface area contributed by atoms with Crippen molar-refractivity contribution in [2.75, 3.05) is 27.4 Å². The molecule has 6 nitrogen and oxygen atoms in total. The van der Waals surface area contributed by atoms with Crippen LogP contribution in [0.25, 0.3) is 0 Å². The molecule has 0 aromatic rings. The number of amides is 1. The molecule has 17 heavy (non-hydrogen) atoms. The quantitative estimate of drug-likeness (QED) is 0.679. The number of fused-ring (bicyclic) bond motifs is 2. The molecule has 0 spiro atoms. The zero-order valence-electron chi connectivity index (χ0n) is 9.80. The van der Waals surface area contributed by atoms with Gasteiger partial charge in [-0.1, -0.05) is 6.08 Å². The van der Waals surface area contributed by atoms with E-state index in [1.165, 1.54) is 0 Å².